The topological polar surface area (TPSA) is 75.6 Å². The predicted molar refractivity (Wildman–Crippen MR) is 122 cm³/mol. The summed E-state index contributed by atoms with van der Waals surface area (Å²) >= 11 is 0. The van der Waals surface area contributed by atoms with Gasteiger partial charge in [-0.15, -0.1) is 0 Å². The van der Waals surface area contributed by atoms with E-state index in [9.17, 15) is 4.79 Å². The molecule has 0 atom stereocenters. The molecule has 1 aliphatic rings. The molecule has 0 bridgehead atoms. The molecule has 2 aromatic heterocycles. The highest BCUT2D eigenvalue weighted by Gasteiger charge is 2.24. The lowest BCUT2D eigenvalue weighted by molar-refractivity contribution is 0.0595. The number of aryl methyl sites for hydroxylation is 1. The smallest absolute Gasteiger partial charge is 0.253 e. The van der Waals surface area contributed by atoms with E-state index in [-0.39, 0.29) is 5.91 Å². The number of hydrogen-bond donors (Lipinski definition) is 0. The summed E-state index contributed by atoms with van der Waals surface area (Å²) in [6.45, 7) is 9.66. The van der Waals surface area contributed by atoms with Crippen molar-refractivity contribution in [2.75, 3.05) is 26.2 Å². The Kier molecular flexibility index (Phi) is 5.27. The standard InChI is InChI=1S/C25H26N4O3/c1-16(2)28-10-12-29(13-11-28)25(30)19-8-9-22-20(14-19)23(27-32-22)21-15-31-24(26-21)18-6-4-17(3)5-7-18/h4-9,14-16H,10-13H2,1-3H3. The van der Waals surface area contributed by atoms with Crippen LogP contribution in [0.15, 0.2) is 57.7 Å². The lowest BCUT2D eigenvalue weighted by atomic mass is 10.1. The van der Waals surface area contributed by atoms with Crippen LogP contribution in [0.3, 0.4) is 0 Å². The maximum absolute atomic E-state index is 13.1. The first-order valence-corrected chi connectivity index (χ1v) is 11.0. The molecule has 0 aliphatic carbocycles. The molecule has 0 radical (unpaired) electrons. The second kappa shape index (κ2) is 8.24. The summed E-state index contributed by atoms with van der Waals surface area (Å²) in [6, 6.07) is 13.9. The Bertz CT molecular complexity index is 1250. The molecule has 164 valence electrons. The molecule has 0 unspecified atom stereocenters. The number of amides is 1. The fourth-order valence-corrected chi connectivity index (χ4v) is 4.09. The van der Waals surface area contributed by atoms with Crippen molar-refractivity contribution < 1.29 is 13.7 Å². The first-order chi connectivity index (χ1) is 15.5. The van der Waals surface area contributed by atoms with Crippen LogP contribution in [-0.4, -0.2) is 58.1 Å². The lowest BCUT2D eigenvalue weighted by Crippen LogP contribution is -2.50. The van der Waals surface area contributed by atoms with E-state index in [1.807, 2.05) is 42.2 Å². The van der Waals surface area contributed by atoms with Gasteiger partial charge in [-0.2, -0.15) is 0 Å². The minimum absolute atomic E-state index is 0.0305. The average Bonchev–Trinajstić information content (AvgIpc) is 3.46. The van der Waals surface area contributed by atoms with Crippen LogP contribution in [0.1, 0.15) is 29.8 Å². The van der Waals surface area contributed by atoms with Gasteiger partial charge in [0.2, 0.25) is 5.89 Å². The first kappa shape index (κ1) is 20.5. The Morgan fingerprint density at radius 3 is 2.50 bits per heavy atom. The number of nitrogens with zero attached hydrogens (tertiary/aromatic N) is 4. The monoisotopic (exact) mass is 430 g/mol. The molecule has 0 N–H and O–H groups in total. The number of carbonyl (C=O) groups is 1. The summed E-state index contributed by atoms with van der Waals surface area (Å²) in [6.07, 6.45) is 1.58. The SMILES string of the molecule is Cc1ccc(-c2nc(-c3noc4ccc(C(=O)N5CCN(C(C)C)CC5)cc34)co2)cc1. The highest BCUT2D eigenvalue weighted by Crippen LogP contribution is 2.31. The Balaban J connectivity index is 1.41. The molecule has 32 heavy (non-hydrogen) atoms. The molecule has 3 heterocycles. The first-order valence-electron chi connectivity index (χ1n) is 11.0. The van der Waals surface area contributed by atoms with Crippen molar-refractivity contribution in [3.05, 3.63) is 59.9 Å². The van der Waals surface area contributed by atoms with Crippen molar-refractivity contribution in [1.29, 1.82) is 0 Å². The van der Waals surface area contributed by atoms with E-state index in [2.05, 4.69) is 28.9 Å². The molecule has 0 saturated carbocycles. The number of benzene rings is 2. The minimum Gasteiger partial charge on any atom is -0.444 e. The molecule has 1 aliphatic heterocycles. The minimum atomic E-state index is 0.0305. The van der Waals surface area contributed by atoms with Gasteiger partial charge in [0.1, 0.15) is 17.7 Å². The summed E-state index contributed by atoms with van der Waals surface area (Å²) < 4.78 is 11.2. The van der Waals surface area contributed by atoms with Gasteiger partial charge in [-0.3, -0.25) is 9.69 Å². The van der Waals surface area contributed by atoms with E-state index in [0.29, 0.717) is 34.5 Å². The number of fused-ring (bicyclic) bond motifs is 1. The third-order valence-corrected chi connectivity index (χ3v) is 6.09. The predicted octanol–water partition coefficient (Wildman–Crippen LogP) is 4.62. The van der Waals surface area contributed by atoms with Gasteiger partial charge < -0.3 is 13.8 Å². The van der Waals surface area contributed by atoms with Crippen molar-refractivity contribution in [3.8, 4) is 22.8 Å². The molecule has 7 nitrogen and oxygen atoms in total. The summed E-state index contributed by atoms with van der Waals surface area (Å²) in [5.74, 6) is 0.550. The van der Waals surface area contributed by atoms with Gasteiger partial charge in [0.15, 0.2) is 5.58 Å². The van der Waals surface area contributed by atoms with Crippen LogP contribution in [0.2, 0.25) is 0 Å². The van der Waals surface area contributed by atoms with Crippen LogP contribution < -0.4 is 0 Å². The Morgan fingerprint density at radius 1 is 1.03 bits per heavy atom. The highest BCUT2D eigenvalue weighted by molar-refractivity contribution is 6.00. The van der Waals surface area contributed by atoms with Crippen LogP contribution in [0.25, 0.3) is 33.8 Å². The van der Waals surface area contributed by atoms with Gasteiger partial charge in [0, 0.05) is 43.3 Å². The van der Waals surface area contributed by atoms with Gasteiger partial charge in [0.25, 0.3) is 5.91 Å². The zero-order valence-corrected chi connectivity index (χ0v) is 18.5. The zero-order valence-electron chi connectivity index (χ0n) is 18.5. The molecular weight excluding hydrogens is 404 g/mol. The van der Waals surface area contributed by atoms with E-state index in [1.165, 1.54) is 5.56 Å². The largest absolute Gasteiger partial charge is 0.444 e. The van der Waals surface area contributed by atoms with Crippen molar-refractivity contribution in [1.82, 2.24) is 19.9 Å². The highest BCUT2D eigenvalue weighted by atomic mass is 16.5. The van der Waals surface area contributed by atoms with Gasteiger partial charge in [0.05, 0.1) is 5.39 Å². The normalized spacial score (nSPS) is 15.1. The van der Waals surface area contributed by atoms with Crippen LogP contribution in [0.5, 0.6) is 0 Å². The van der Waals surface area contributed by atoms with E-state index < -0.39 is 0 Å². The third kappa shape index (κ3) is 3.80. The molecule has 2 aromatic carbocycles. The van der Waals surface area contributed by atoms with Crippen molar-refractivity contribution >= 4 is 16.9 Å². The van der Waals surface area contributed by atoms with Crippen LogP contribution in [-0.2, 0) is 0 Å². The Hall–Kier alpha value is -3.45. The summed E-state index contributed by atoms with van der Waals surface area (Å²) in [5, 5.41) is 4.95. The number of aromatic nitrogens is 2. The zero-order chi connectivity index (χ0) is 22.2. The molecule has 7 heteroatoms. The molecule has 1 saturated heterocycles. The van der Waals surface area contributed by atoms with E-state index >= 15 is 0 Å². The van der Waals surface area contributed by atoms with E-state index in [1.54, 1.807) is 18.4 Å². The number of oxazole rings is 1. The van der Waals surface area contributed by atoms with Gasteiger partial charge in [-0.1, -0.05) is 22.9 Å². The Morgan fingerprint density at radius 2 is 1.78 bits per heavy atom. The molecule has 5 rings (SSSR count). The molecular formula is C25H26N4O3. The second-order valence-electron chi connectivity index (χ2n) is 8.57. The Labute approximate surface area is 186 Å². The maximum Gasteiger partial charge on any atom is 0.253 e. The van der Waals surface area contributed by atoms with Crippen molar-refractivity contribution in [2.45, 2.75) is 26.8 Å². The molecule has 0 spiro atoms. The van der Waals surface area contributed by atoms with Crippen molar-refractivity contribution in [3.63, 3.8) is 0 Å². The third-order valence-electron chi connectivity index (χ3n) is 6.09. The maximum atomic E-state index is 13.1. The van der Waals surface area contributed by atoms with Gasteiger partial charge in [-0.05, 0) is 51.1 Å². The van der Waals surface area contributed by atoms with Crippen LogP contribution in [0, 0.1) is 6.92 Å². The molecule has 4 aromatic rings. The number of rotatable bonds is 4. The molecule has 1 amide bonds. The van der Waals surface area contributed by atoms with Crippen LogP contribution in [0.4, 0.5) is 0 Å². The van der Waals surface area contributed by atoms with E-state index in [0.717, 1.165) is 37.1 Å². The number of hydrogen-bond acceptors (Lipinski definition) is 6. The fourth-order valence-electron chi connectivity index (χ4n) is 4.09. The molecule has 1 fully saturated rings. The number of carbonyl (C=O) groups excluding carboxylic acids is 1. The summed E-state index contributed by atoms with van der Waals surface area (Å²) in [4.78, 5) is 22.0. The van der Waals surface area contributed by atoms with Gasteiger partial charge >= 0.3 is 0 Å². The second-order valence-corrected chi connectivity index (χ2v) is 8.57. The average molecular weight is 431 g/mol. The number of piperazine rings is 1. The fraction of sp³-hybridized carbons (Fsp3) is 0.320. The lowest BCUT2D eigenvalue weighted by Gasteiger charge is -2.36. The van der Waals surface area contributed by atoms with E-state index in [4.69, 9.17) is 8.94 Å². The van der Waals surface area contributed by atoms with Crippen molar-refractivity contribution in [2.24, 2.45) is 0 Å². The quantitative estimate of drug-likeness (QED) is 0.470. The summed E-state index contributed by atoms with van der Waals surface area (Å²) in [7, 11) is 0. The van der Waals surface area contributed by atoms with Gasteiger partial charge in [-0.25, -0.2) is 4.98 Å². The van der Waals surface area contributed by atoms with Crippen LogP contribution >= 0.6 is 0 Å². The summed E-state index contributed by atoms with van der Waals surface area (Å²) in [5.41, 5.74) is 4.45.